The highest BCUT2D eigenvalue weighted by Gasteiger charge is 2.23. The molecule has 0 amide bonds. The Labute approximate surface area is 480 Å². The number of aromatic hydroxyl groups is 1. The number of carbonyl (C=O) groups is 3. The van der Waals surface area contributed by atoms with Gasteiger partial charge in [-0.25, -0.2) is 4.79 Å². The van der Waals surface area contributed by atoms with Gasteiger partial charge >= 0.3 is 28.7 Å². The van der Waals surface area contributed by atoms with E-state index in [-0.39, 0.29) is 89.9 Å². The number of phenolic OH excluding ortho intramolecular Hbond substituents is 1. The quantitative estimate of drug-likeness (QED) is 0.0371. The molecule has 0 fully saturated rings. The average molecular weight is 1200 g/mol. The summed E-state index contributed by atoms with van der Waals surface area (Å²) in [7, 11) is 5.41. The molecule has 420 valence electrons. The number of halogens is 5. The van der Waals surface area contributed by atoms with E-state index in [0.29, 0.717) is 39.0 Å². The van der Waals surface area contributed by atoms with Crippen molar-refractivity contribution >= 4 is 104 Å². The van der Waals surface area contributed by atoms with Gasteiger partial charge in [0.05, 0.1) is 84.5 Å². The van der Waals surface area contributed by atoms with Crippen molar-refractivity contribution in [3.63, 3.8) is 0 Å². The van der Waals surface area contributed by atoms with E-state index in [1.807, 2.05) is 60.7 Å². The molecule has 0 unspecified atom stereocenters. The number of nitrogen functional groups attached to an aromatic ring is 1. The van der Waals surface area contributed by atoms with E-state index >= 15 is 0 Å². The predicted octanol–water partition coefficient (Wildman–Crippen LogP) is 13.8. The molecule has 0 saturated heterocycles. The van der Waals surface area contributed by atoms with Crippen molar-refractivity contribution in [3.05, 3.63) is 226 Å². The zero-order valence-electron chi connectivity index (χ0n) is 42.7. The van der Waals surface area contributed by atoms with E-state index in [2.05, 4.69) is 4.74 Å². The van der Waals surface area contributed by atoms with E-state index in [1.54, 1.807) is 32.0 Å². The van der Waals surface area contributed by atoms with Crippen LogP contribution < -0.4 is 24.7 Å². The maximum atomic E-state index is 12.3. The average Bonchev–Trinajstić information content (AvgIpc) is 3.41. The third kappa shape index (κ3) is 18.7. The third-order valence-corrected chi connectivity index (χ3v) is 12.4. The van der Waals surface area contributed by atoms with Gasteiger partial charge in [-0.1, -0.05) is 119 Å². The molecule has 0 aliphatic carbocycles. The Balaban J connectivity index is 0.000000267. The number of methoxy groups -OCH3 is 4. The summed E-state index contributed by atoms with van der Waals surface area (Å²) >= 11 is 28.9. The molecule has 0 saturated carbocycles. The molecule has 7 aromatic rings. The number of rotatable bonds is 15. The lowest BCUT2D eigenvalue weighted by Crippen LogP contribution is -2.06. The van der Waals surface area contributed by atoms with Crippen LogP contribution in [0.25, 0.3) is 0 Å². The first-order chi connectivity index (χ1) is 37.7. The lowest BCUT2D eigenvalue weighted by molar-refractivity contribution is -0.386. The van der Waals surface area contributed by atoms with Crippen molar-refractivity contribution in [2.75, 3.05) is 34.2 Å². The molecule has 80 heavy (non-hydrogen) atoms. The maximum absolute atomic E-state index is 12.3. The number of hydrogen-bond acceptors (Lipinski definition) is 17. The number of benzene rings is 7. The summed E-state index contributed by atoms with van der Waals surface area (Å²) in [6.07, 6.45) is 0.467. The van der Waals surface area contributed by atoms with Gasteiger partial charge < -0.3 is 34.9 Å². The second-order valence-corrected chi connectivity index (χ2v) is 18.0. The predicted molar refractivity (Wildman–Crippen MR) is 302 cm³/mol. The van der Waals surface area contributed by atoms with Crippen LogP contribution in [0.3, 0.4) is 0 Å². The highest BCUT2D eigenvalue weighted by molar-refractivity contribution is 6.35. The summed E-state index contributed by atoms with van der Waals surface area (Å²) in [6.45, 7) is 3.42. The topological polar surface area (TPSA) is 327 Å². The number of nitro groups is 4. The SMILES string of the molecule is COc1cc(C(=O)Cc2ccccc2)c(Cl)cc1N.COc1cc(C(=O)Cc2ccccc2)c(Cl)cc1[N+](=O)[O-].COc1cc(C(=O)O)c(Cl)cc1[N+](=O)[O-].COc1cc(C)c(Cl)cc1[N+](=O)[O-].Cc1cc(O)c([N+](=O)[O-])cc1Cl. The molecule has 0 spiro atoms. The molecule has 0 radical (unpaired) electrons. The Hall–Kier alpha value is -8.80. The number of aromatic carboxylic acids is 1. The van der Waals surface area contributed by atoms with E-state index in [1.165, 1.54) is 46.6 Å². The molecule has 0 aliphatic heterocycles. The molecule has 7 aromatic carbocycles. The van der Waals surface area contributed by atoms with Gasteiger partial charge in [-0.15, -0.1) is 0 Å². The summed E-state index contributed by atoms with van der Waals surface area (Å²) < 4.78 is 19.6. The van der Waals surface area contributed by atoms with Crippen LogP contribution in [0.5, 0.6) is 28.7 Å². The van der Waals surface area contributed by atoms with Gasteiger partial charge in [0.1, 0.15) is 5.75 Å². The molecule has 0 aromatic heterocycles. The fourth-order valence-corrected chi connectivity index (χ4v) is 7.64. The van der Waals surface area contributed by atoms with Gasteiger partial charge in [0, 0.05) is 54.3 Å². The summed E-state index contributed by atoms with van der Waals surface area (Å²) in [5.41, 5.74) is 8.59. The number of ether oxygens (including phenoxy) is 4. The first kappa shape index (κ1) is 65.5. The Bertz CT molecular complexity index is 3430. The first-order valence-electron chi connectivity index (χ1n) is 22.4. The normalized spacial score (nSPS) is 9.99. The number of ketones is 2. The fourth-order valence-electron chi connectivity index (χ4n) is 6.54. The largest absolute Gasteiger partial charge is 0.502 e. The third-order valence-electron chi connectivity index (χ3n) is 10.6. The number of carbonyl (C=O) groups excluding carboxylic acids is 2. The van der Waals surface area contributed by atoms with Gasteiger partial charge in [0.2, 0.25) is 0 Å². The van der Waals surface area contributed by atoms with Crippen LogP contribution >= 0.6 is 58.0 Å². The van der Waals surface area contributed by atoms with E-state index < -0.39 is 25.7 Å². The van der Waals surface area contributed by atoms with E-state index in [4.69, 9.17) is 88.2 Å². The molecule has 0 aliphatic rings. The fraction of sp³-hybridized carbons (Fsp3) is 0.151. The maximum Gasteiger partial charge on any atom is 0.337 e. The second kappa shape index (κ2) is 31.0. The van der Waals surface area contributed by atoms with Crippen molar-refractivity contribution in [2.45, 2.75) is 26.7 Å². The highest BCUT2D eigenvalue weighted by atomic mass is 35.5. The number of hydrogen-bond donors (Lipinski definition) is 3. The zero-order valence-corrected chi connectivity index (χ0v) is 46.5. The van der Waals surface area contributed by atoms with Gasteiger partial charge in [-0.2, -0.15) is 0 Å². The summed E-state index contributed by atoms with van der Waals surface area (Å²) in [6, 6.07) is 31.5. The monoisotopic (exact) mass is 1200 g/mol. The molecular weight excluding hydrogens is 1160 g/mol. The minimum absolute atomic E-state index is 0.0146. The molecule has 0 bridgehead atoms. The number of anilines is 1. The standard InChI is InChI=1S/C15H12ClNO4.C15H14ClNO2.C8H6ClNO5.C8H8ClNO3.C7H6ClNO3/c1-21-15-8-11(12(16)9-13(15)17(19)20)14(18)7-10-5-3-2-4-6-10;1-19-15-8-11(12(16)9-13(15)17)14(18)7-10-5-3-2-4-6-10;1-15-7-2-4(8(11)12)5(9)3-6(7)10(13)14;1-5-3-8(13-2)7(10(11)12)4-6(5)9;1-4-2-7(10)6(9(11)12)3-5(4)8/h2-6,8-9H,7H2,1H3;2-6,8-9H,7,17H2,1H3;2-3H,1H3,(H,11,12);3-4H,1-2H3;2-3,10H,1H3. The Kier molecular flexibility index (Phi) is 25.3. The van der Waals surface area contributed by atoms with Crippen molar-refractivity contribution < 1.29 is 63.2 Å². The van der Waals surface area contributed by atoms with E-state index in [0.717, 1.165) is 41.0 Å². The molecule has 22 nitrogen and oxygen atoms in total. The lowest BCUT2D eigenvalue weighted by atomic mass is 10.0. The number of aryl methyl sites for hydroxylation is 2. The number of carboxylic acid groups (broad SMARTS) is 1. The number of Topliss-reactive ketones (excluding diaryl/α,β-unsaturated/α-hetero) is 2. The van der Waals surface area contributed by atoms with Crippen molar-refractivity contribution in [1.29, 1.82) is 0 Å². The minimum Gasteiger partial charge on any atom is -0.502 e. The van der Waals surface area contributed by atoms with Crippen LogP contribution in [0.1, 0.15) is 53.3 Å². The Morgan fingerprint density at radius 3 is 1.15 bits per heavy atom. The van der Waals surface area contributed by atoms with Crippen LogP contribution in [-0.4, -0.2) is 75.9 Å². The molecule has 0 atom stereocenters. The molecule has 4 N–H and O–H groups in total. The number of phenols is 1. The number of carboxylic acids is 1. The number of nitrogens with zero attached hydrogens (tertiary/aromatic N) is 4. The van der Waals surface area contributed by atoms with Crippen LogP contribution in [0, 0.1) is 54.3 Å². The number of nitro benzene ring substituents is 4. The molecule has 0 heterocycles. The molecular formula is C53H46Cl5N5O17. The minimum atomic E-state index is -1.27. The van der Waals surface area contributed by atoms with Crippen LogP contribution in [0.2, 0.25) is 25.1 Å². The van der Waals surface area contributed by atoms with Gasteiger partial charge in [-0.3, -0.25) is 50.0 Å². The van der Waals surface area contributed by atoms with Crippen LogP contribution in [-0.2, 0) is 12.8 Å². The van der Waals surface area contributed by atoms with Gasteiger partial charge in [0.15, 0.2) is 34.6 Å². The lowest BCUT2D eigenvalue weighted by Gasteiger charge is -2.09. The van der Waals surface area contributed by atoms with Crippen molar-refractivity contribution in [3.8, 4) is 28.7 Å². The Morgan fingerprint density at radius 1 is 0.463 bits per heavy atom. The Morgan fingerprint density at radius 2 is 0.775 bits per heavy atom. The van der Waals surface area contributed by atoms with Crippen LogP contribution in [0.4, 0.5) is 28.4 Å². The zero-order chi connectivity index (χ0) is 60.1. The van der Waals surface area contributed by atoms with Crippen LogP contribution in [0.15, 0.2) is 121 Å². The second-order valence-electron chi connectivity index (χ2n) is 15.9. The smallest absolute Gasteiger partial charge is 0.337 e. The summed E-state index contributed by atoms with van der Waals surface area (Å²) in [5, 5.41) is 60.8. The highest BCUT2D eigenvalue weighted by Crippen LogP contribution is 2.36. The van der Waals surface area contributed by atoms with Crippen molar-refractivity contribution in [1.82, 2.24) is 0 Å². The number of nitrogens with two attached hydrogens (primary N) is 1. The van der Waals surface area contributed by atoms with Crippen molar-refractivity contribution in [2.24, 2.45) is 0 Å². The molecule has 27 heteroatoms. The summed E-state index contributed by atoms with van der Waals surface area (Å²) in [5.74, 6) is -1.35. The first-order valence-corrected chi connectivity index (χ1v) is 24.2. The van der Waals surface area contributed by atoms with E-state index in [9.17, 15) is 54.8 Å². The van der Waals surface area contributed by atoms with Gasteiger partial charge in [-0.05, 0) is 66.4 Å². The summed E-state index contributed by atoms with van der Waals surface area (Å²) in [4.78, 5) is 74.9. The molecule has 7 rings (SSSR count). The van der Waals surface area contributed by atoms with Gasteiger partial charge in [0.25, 0.3) is 0 Å².